The summed E-state index contributed by atoms with van der Waals surface area (Å²) in [5.74, 6) is 0.456. The number of nitrogens with zero attached hydrogens (tertiary/aromatic N) is 2. The molecule has 2 aliphatic rings. The normalized spacial score (nSPS) is 29.6. The van der Waals surface area contributed by atoms with E-state index in [1.165, 1.54) is 10.6 Å². The molecule has 0 saturated carbocycles. The smallest absolute Gasteiger partial charge is 0.211 e. The van der Waals surface area contributed by atoms with Gasteiger partial charge in [0.05, 0.1) is 12.9 Å². The van der Waals surface area contributed by atoms with Crippen molar-refractivity contribution in [2.45, 2.75) is 12.5 Å². The second-order valence-corrected chi connectivity index (χ2v) is 7.23. The Labute approximate surface area is 109 Å². The minimum absolute atomic E-state index is 0.136. The van der Waals surface area contributed by atoms with Gasteiger partial charge < -0.3 is 10.5 Å². The van der Waals surface area contributed by atoms with Crippen LogP contribution >= 0.6 is 0 Å². The summed E-state index contributed by atoms with van der Waals surface area (Å²) >= 11 is 0. The molecule has 7 heteroatoms. The average molecular weight is 277 g/mol. The molecule has 0 aromatic rings. The lowest BCUT2D eigenvalue weighted by atomic mass is 9.99. The summed E-state index contributed by atoms with van der Waals surface area (Å²) in [7, 11) is -3.04. The summed E-state index contributed by atoms with van der Waals surface area (Å²) in [6.07, 6.45) is 2.31. The first-order chi connectivity index (χ1) is 8.47. The molecule has 2 saturated heterocycles. The molecule has 0 radical (unpaired) electrons. The van der Waals surface area contributed by atoms with E-state index in [0.717, 1.165) is 39.3 Å². The van der Waals surface area contributed by atoms with Crippen LogP contribution < -0.4 is 5.73 Å². The van der Waals surface area contributed by atoms with Crippen molar-refractivity contribution in [3.63, 3.8) is 0 Å². The number of hydrogen-bond donors (Lipinski definition) is 1. The molecule has 0 aliphatic carbocycles. The number of nitrogens with two attached hydrogens (primary N) is 1. The van der Waals surface area contributed by atoms with Gasteiger partial charge in [-0.25, -0.2) is 8.42 Å². The Morgan fingerprint density at radius 1 is 1.33 bits per heavy atom. The fourth-order valence-electron chi connectivity index (χ4n) is 2.58. The third-order valence-electron chi connectivity index (χ3n) is 3.84. The highest BCUT2D eigenvalue weighted by atomic mass is 32.2. The second-order valence-electron chi connectivity index (χ2n) is 5.25. The molecule has 18 heavy (non-hydrogen) atoms. The molecule has 0 amide bonds. The van der Waals surface area contributed by atoms with Crippen LogP contribution in [0.1, 0.15) is 6.42 Å². The molecule has 2 unspecified atom stereocenters. The maximum Gasteiger partial charge on any atom is 0.211 e. The predicted octanol–water partition coefficient (Wildman–Crippen LogP) is -1.07. The van der Waals surface area contributed by atoms with Crippen LogP contribution in [0.3, 0.4) is 0 Å². The predicted molar refractivity (Wildman–Crippen MR) is 69.8 cm³/mol. The summed E-state index contributed by atoms with van der Waals surface area (Å²) in [6, 6.07) is 0.136. The van der Waals surface area contributed by atoms with E-state index in [-0.39, 0.29) is 6.04 Å². The van der Waals surface area contributed by atoms with E-state index in [0.29, 0.717) is 19.0 Å². The van der Waals surface area contributed by atoms with E-state index >= 15 is 0 Å². The first-order valence-corrected chi connectivity index (χ1v) is 8.32. The summed E-state index contributed by atoms with van der Waals surface area (Å²) < 4.78 is 29.7. The van der Waals surface area contributed by atoms with E-state index < -0.39 is 10.0 Å². The van der Waals surface area contributed by atoms with Gasteiger partial charge in [0.15, 0.2) is 0 Å². The monoisotopic (exact) mass is 277 g/mol. The maximum absolute atomic E-state index is 11.4. The molecule has 0 aromatic carbocycles. The molecule has 2 atom stereocenters. The van der Waals surface area contributed by atoms with Crippen LogP contribution in [0.4, 0.5) is 0 Å². The Hall–Kier alpha value is -0.210. The lowest BCUT2D eigenvalue weighted by Crippen LogP contribution is -2.52. The standard InChI is InChI=1S/C11H23N3O3S/c1-18(15,16)14-5-3-13(4-6-14)8-11(12)10-2-7-17-9-10/h10-11H,2-9,12H2,1H3. The van der Waals surface area contributed by atoms with Gasteiger partial charge in [0, 0.05) is 51.3 Å². The van der Waals surface area contributed by atoms with Crippen molar-refractivity contribution in [3.8, 4) is 0 Å². The van der Waals surface area contributed by atoms with Crippen molar-refractivity contribution in [2.75, 3.05) is 52.2 Å². The van der Waals surface area contributed by atoms with Gasteiger partial charge in [0.25, 0.3) is 0 Å². The van der Waals surface area contributed by atoms with Crippen molar-refractivity contribution in [1.82, 2.24) is 9.21 Å². The Morgan fingerprint density at radius 3 is 2.50 bits per heavy atom. The van der Waals surface area contributed by atoms with Crippen LogP contribution in [-0.2, 0) is 14.8 Å². The highest BCUT2D eigenvalue weighted by molar-refractivity contribution is 7.88. The zero-order valence-corrected chi connectivity index (χ0v) is 11.7. The van der Waals surface area contributed by atoms with Crippen LogP contribution in [0.2, 0.25) is 0 Å². The van der Waals surface area contributed by atoms with E-state index in [1.807, 2.05) is 0 Å². The van der Waals surface area contributed by atoms with E-state index in [4.69, 9.17) is 10.5 Å². The Kier molecular flexibility index (Phi) is 4.60. The highest BCUT2D eigenvalue weighted by Crippen LogP contribution is 2.17. The topological polar surface area (TPSA) is 75.9 Å². The Morgan fingerprint density at radius 2 is 2.00 bits per heavy atom. The summed E-state index contributed by atoms with van der Waals surface area (Å²) in [5, 5.41) is 0. The van der Waals surface area contributed by atoms with Gasteiger partial charge in [-0.2, -0.15) is 4.31 Å². The van der Waals surface area contributed by atoms with Crippen molar-refractivity contribution < 1.29 is 13.2 Å². The summed E-state index contributed by atoms with van der Waals surface area (Å²) in [6.45, 7) is 5.12. The maximum atomic E-state index is 11.4. The van der Waals surface area contributed by atoms with Gasteiger partial charge in [0.2, 0.25) is 10.0 Å². The molecule has 0 bridgehead atoms. The number of sulfonamides is 1. The number of rotatable bonds is 4. The van der Waals surface area contributed by atoms with Crippen LogP contribution in [0.25, 0.3) is 0 Å². The Balaban J connectivity index is 1.76. The van der Waals surface area contributed by atoms with Gasteiger partial charge in [-0.15, -0.1) is 0 Å². The van der Waals surface area contributed by atoms with Crippen LogP contribution in [-0.4, -0.2) is 75.9 Å². The summed E-state index contributed by atoms with van der Waals surface area (Å²) in [4.78, 5) is 2.25. The van der Waals surface area contributed by atoms with Crippen molar-refractivity contribution in [3.05, 3.63) is 0 Å². The largest absolute Gasteiger partial charge is 0.381 e. The summed E-state index contributed by atoms with van der Waals surface area (Å²) in [5.41, 5.74) is 6.18. The van der Waals surface area contributed by atoms with Gasteiger partial charge in [0.1, 0.15) is 0 Å². The molecule has 2 rings (SSSR count). The second kappa shape index (κ2) is 5.83. The van der Waals surface area contributed by atoms with Gasteiger partial charge in [-0.1, -0.05) is 0 Å². The quantitative estimate of drug-likeness (QED) is 0.708. The molecule has 2 aliphatic heterocycles. The number of piperazine rings is 1. The zero-order valence-electron chi connectivity index (χ0n) is 10.9. The lowest BCUT2D eigenvalue weighted by Gasteiger charge is -2.35. The van der Waals surface area contributed by atoms with E-state index in [1.54, 1.807) is 0 Å². The molecule has 0 spiro atoms. The van der Waals surface area contributed by atoms with Crippen LogP contribution in [0, 0.1) is 5.92 Å². The minimum atomic E-state index is -3.04. The fraction of sp³-hybridized carbons (Fsp3) is 1.00. The third-order valence-corrected chi connectivity index (χ3v) is 5.14. The van der Waals surface area contributed by atoms with E-state index in [2.05, 4.69) is 4.90 Å². The fourth-order valence-corrected chi connectivity index (χ4v) is 3.41. The molecular formula is C11H23N3O3S. The third kappa shape index (κ3) is 3.64. The number of ether oxygens (including phenoxy) is 1. The molecule has 106 valence electrons. The van der Waals surface area contributed by atoms with Crippen LogP contribution in [0.15, 0.2) is 0 Å². The first kappa shape index (κ1) is 14.2. The van der Waals surface area contributed by atoms with E-state index in [9.17, 15) is 8.42 Å². The Bertz CT molecular complexity index is 360. The van der Waals surface area contributed by atoms with Gasteiger partial charge >= 0.3 is 0 Å². The highest BCUT2D eigenvalue weighted by Gasteiger charge is 2.28. The molecular weight excluding hydrogens is 254 g/mol. The SMILES string of the molecule is CS(=O)(=O)N1CCN(CC(N)C2CCOC2)CC1. The van der Waals surface area contributed by atoms with Crippen molar-refractivity contribution >= 4 is 10.0 Å². The lowest BCUT2D eigenvalue weighted by molar-refractivity contribution is 0.151. The van der Waals surface area contributed by atoms with Crippen LogP contribution in [0.5, 0.6) is 0 Å². The molecule has 2 fully saturated rings. The zero-order chi connectivity index (χ0) is 13.2. The molecule has 0 aromatic heterocycles. The van der Waals surface area contributed by atoms with Crippen molar-refractivity contribution in [2.24, 2.45) is 11.7 Å². The minimum Gasteiger partial charge on any atom is -0.381 e. The average Bonchev–Trinajstić information content (AvgIpc) is 2.82. The van der Waals surface area contributed by atoms with Crippen molar-refractivity contribution in [1.29, 1.82) is 0 Å². The molecule has 2 heterocycles. The number of hydrogen-bond acceptors (Lipinski definition) is 5. The van der Waals surface area contributed by atoms with Gasteiger partial charge in [-0.05, 0) is 6.42 Å². The molecule has 6 nitrogen and oxygen atoms in total. The first-order valence-electron chi connectivity index (χ1n) is 6.47. The molecule has 2 N–H and O–H groups in total. The van der Waals surface area contributed by atoms with Gasteiger partial charge in [-0.3, -0.25) is 4.90 Å².